The van der Waals surface area contributed by atoms with E-state index in [1.807, 2.05) is 13.8 Å². The lowest BCUT2D eigenvalue weighted by Gasteiger charge is -2.05. The Morgan fingerprint density at radius 3 is 2.85 bits per heavy atom. The lowest BCUT2D eigenvalue weighted by atomic mass is 10.4. The number of aromatic nitrogens is 3. The molecule has 0 aliphatic heterocycles. The topological polar surface area (TPSA) is 92.9 Å². The van der Waals surface area contributed by atoms with Crippen LogP contribution >= 0.6 is 0 Å². The van der Waals surface area contributed by atoms with E-state index in [4.69, 9.17) is 4.42 Å². The Labute approximate surface area is 116 Å². The third kappa shape index (κ3) is 3.53. The second kappa shape index (κ2) is 6.65. The summed E-state index contributed by atoms with van der Waals surface area (Å²) in [5.41, 5.74) is 0.255. The molecule has 0 spiro atoms. The third-order valence-electron chi connectivity index (χ3n) is 2.58. The number of carbonyl (C=O) groups is 1. The zero-order chi connectivity index (χ0) is 14.4. The van der Waals surface area contributed by atoms with Gasteiger partial charge in [0.15, 0.2) is 0 Å². The van der Waals surface area contributed by atoms with Gasteiger partial charge in [-0.2, -0.15) is 0 Å². The first-order valence-corrected chi connectivity index (χ1v) is 6.50. The number of oxazole rings is 1. The summed E-state index contributed by atoms with van der Waals surface area (Å²) in [6.45, 7) is 4.87. The molecule has 0 unspecified atom stereocenters. The van der Waals surface area contributed by atoms with E-state index in [1.54, 1.807) is 12.4 Å². The van der Waals surface area contributed by atoms with E-state index in [9.17, 15) is 4.79 Å². The molecular formula is C13H17N5O2. The summed E-state index contributed by atoms with van der Waals surface area (Å²) in [6.07, 6.45) is 5.43. The maximum absolute atomic E-state index is 11.9. The van der Waals surface area contributed by atoms with Crippen LogP contribution in [-0.2, 0) is 13.0 Å². The van der Waals surface area contributed by atoms with E-state index >= 15 is 0 Å². The van der Waals surface area contributed by atoms with Gasteiger partial charge < -0.3 is 15.1 Å². The molecule has 20 heavy (non-hydrogen) atoms. The number of nitrogens with one attached hydrogen (secondary N) is 2. The molecule has 0 aliphatic carbocycles. The summed E-state index contributed by atoms with van der Waals surface area (Å²) < 4.78 is 5.41. The molecule has 0 radical (unpaired) electrons. The Bertz CT molecular complexity index is 582. The first-order valence-electron chi connectivity index (χ1n) is 6.50. The Kier molecular flexibility index (Phi) is 4.65. The molecule has 0 bridgehead atoms. The Balaban J connectivity index is 1.95. The van der Waals surface area contributed by atoms with Gasteiger partial charge in [-0.25, -0.2) is 9.97 Å². The van der Waals surface area contributed by atoms with Crippen molar-refractivity contribution in [2.75, 3.05) is 11.9 Å². The van der Waals surface area contributed by atoms with Crippen LogP contribution in [-0.4, -0.2) is 27.4 Å². The number of nitrogens with zero attached hydrogens (tertiary/aromatic N) is 3. The molecule has 0 saturated carbocycles. The molecule has 2 N–H and O–H groups in total. The van der Waals surface area contributed by atoms with Gasteiger partial charge in [0.05, 0.1) is 25.1 Å². The summed E-state index contributed by atoms with van der Waals surface area (Å²) in [6, 6.07) is 0. The molecule has 106 valence electrons. The van der Waals surface area contributed by atoms with E-state index in [-0.39, 0.29) is 18.1 Å². The second-order valence-corrected chi connectivity index (χ2v) is 4.08. The van der Waals surface area contributed by atoms with Crippen molar-refractivity contribution in [1.82, 2.24) is 20.3 Å². The molecule has 0 atom stereocenters. The number of hydrogen-bond donors (Lipinski definition) is 2. The minimum Gasteiger partial charge on any atom is -0.444 e. The lowest BCUT2D eigenvalue weighted by molar-refractivity contribution is 0.0942. The van der Waals surface area contributed by atoms with Crippen LogP contribution in [0, 0.1) is 0 Å². The molecule has 0 aliphatic rings. The van der Waals surface area contributed by atoms with Gasteiger partial charge in [-0.05, 0) is 6.92 Å². The standard InChI is InChI=1S/C13H17N5O2/c1-3-9-5-16-12(20-9)8-17-13(19)10-6-14-7-11(18-10)15-4-2/h5-7H,3-4,8H2,1-2H3,(H,15,18)(H,17,19). The zero-order valence-corrected chi connectivity index (χ0v) is 11.5. The number of amides is 1. The van der Waals surface area contributed by atoms with E-state index in [0.717, 1.165) is 18.7 Å². The number of rotatable bonds is 6. The van der Waals surface area contributed by atoms with Gasteiger partial charge in [-0.15, -0.1) is 0 Å². The largest absolute Gasteiger partial charge is 0.444 e. The van der Waals surface area contributed by atoms with Crippen LogP contribution < -0.4 is 10.6 Å². The van der Waals surface area contributed by atoms with Crippen molar-refractivity contribution >= 4 is 11.7 Å². The van der Waals surface area contributed by atoms with Crippen molar-refractivity contribution in [3.8, 4) is 0 Å². The monoisotopic (exact) mass is 275 g/mol. The molecular weight excluding hydrogens is 258 g/mol. The van der Waals surface area contributed by atoms with Crippen LogP contribution in [0.15, 0.2) is 23.0 Å². The number of aryl methyl sites for hydroxylation is 1. The van der Waals surface area contributed by atoms with Crippen molar-refractivity contribution in [2.45, 2.75) is 26.8 Å². The van der Waals surface area contributed by atoms with Crippen LogP contribution in [0.3, 0.4) is 0 Å². The van der Waals surface area contributed by atoms with E-state index < -0.39 is 0 Å². The molecule has 2 rings (SSSR count). The molecule has 0 saturated heterocycles. The van der Waals surface area contributed by atoms with Gasteiger partial charge in [-0.3, -0.25) is 9.78 Å². The van der Waals surface area contributed by atoms with Crippen LogP contribution in [0.25, 0.3) is 0 Å². The van der Waals surface area contributed by atoms with Gasteiger partial charge >= 0.3 is 0 Å². The maximum atomic E-state index is 11.9. The summed E-state index contributed by atoms with van der Waals surface area (Å²) in [5.74, 6) is 1.53. The maximum Gasteiger partial charge on any atom is 0.272 e. The van der Waals surface area contributed by atoms with Gasteiger partial charge in [0, 0.05) is 13.0 Å². The van der Waals surface area contributed by atoms with Crippen LogP contribution in [0.4, 0.5) is 5.82 Å². The van der Waals surface area contributed by atoms with Gasteiger partial charge in [0.25, 0.3) is 5.91 Å². The summed E-state index contributed by atoms with van der Waals surface area (Å²) in [4.78, 5) is 24.1. The molecule has 2 aromatic rings. The highest BCUT2D eigenvalue weighted by molar-refractivity contribution is 5.92. The molecule has 7 heteroatoms. The number of anilines is 1. The quantitative estimate of drug-likeness (QED) is 0.827. The van der Waals surface area contributed by atoms with Crippen molar-refractivity contribution < 1.29 is 9.21 Å². The van der Waals surface area contributed by atoms with Crippen LogP contribution in [0.2, 0.25) is 0 Å². The minimum absolute atomic E-state index is 0.228. The number of hydrogen-bond acceptors (Lipinski definition) is 6. The molecule has 0 fully saturated rings. The molecule has 2 heterocycles. The fourth-order valence-corrected chi connectivity index (χ4v) is 1.58. The zero-order valence-electron chi connectivity index (χ0n) is 11.5. The van der Waals surface area contributed by atoms with E-state index in [2.05, 4.69) is 25.6 Å². The Morgan fingerprint density at radius 2 is 2.15 bits per heavy atom. The highest BCUT2D eigenvalue weighted by atomic mass is 16.4. The predicted octanol–water partition coefficient (Wildman–Crippen LogP) is 1.39. The summed E-state index contributed by atoms with van der Waals surface area (Å²) >= 11 is 0. The van der Waals surface area contributed by atoms with Crippen molar-refractivity contribution in [2.24, 2.45) is 0 Å². The van der Waals surface area contributed by atoms with E-state index in [1.165, 1.54) is 6.20 Å². The van der Waals surface area contributed by atoms with Crippen molar-refractivity contribution in [3.63, 3.8) is 0 Å². The van der Waals surface area contributed by atoms with Gasteiger partial charge in [0.2, 0.25) is 5.89 Å². The first-order chi connectivity index (χ1) is 9.72. The van der Waals surface area contributed by atoms with E-state index in [0.29, 0.717) is 11.7 Å². The normalized spacial score (nSPS) is 10.3. The minimum atomic E-state index is -0.312. The Morgan fingerprint density at radius 1 is 1.30 bits per heavy atom. The molecule has 0 aromatic carbocycles. The number of carbonyl (C=O) groups excluding carboxylic acids is 1. The SMILES string of the molecule is CCNc1cncc(C(=O)NCc2ncc(CC)o2)n1. The third-order valence-corrected chi connectivity index (χ3v) is 2.58. The highest BCUT2D eigenvalue weighted by Gasteiger charge is 2.10. The molecule has 2 aromatic heterocycles. The summed E-state index contributed by atoms with van der Waals surface area (Å²) in [7, 11) is 0. The van der Waals surface area contributed by atoms with Crippen molar-refractivity contribution in [1.29, 1.82) is 0 Å². The van der Waals surface area contributed by atoms with Gasteiger partial charge in [0.1, 0.15) is 17.3 Å². The van der Waals surface area contributed by atoms with Gasteiger partial charge in [-0.1, -0.05) is 6.92 Å². The summed E-state index contributed by atoms with van der Waals surface area (Å²) in [5, 5.41) is 5.70. The predicted molar refractivity (Wildman–Crippen MR) is 73.2 cm³/mol. The Hall–Kier alpha value is -2.44. The highest BCUT2D eigenvalue weighted by Crippen LogP contribution is 2.05. The fraction of sp³-hybridized carbons (Fsp3) is 0.385. The first kappa shape index (κ1) is 14.0. The van der Waals surface area contributed by atoms with Crippen LogP contribution in [0.5, 0.6) is 0 Å². The smallest absolute Gasteiger partial charge is 0.272 e. The molecule has 7 nitrogen and oxygen atoms in total. The average Bonchev–Trinajstić information content (AvgIpc) is 2.93. The average molecular weight is 275 g/mol. The van der Waals surface area contributed by atoms with Crippen molar-refractivity contribution in [3.05, 3.63) is 35.9 Å². The fourth-order valence-electron chi connectivity index (χ4n) is 1.58. The molecule has 1 amide bonds. The lowest BCUT2D eigenvalue weighted by Crippen LogP contribution is -2.24. The van der Waals surface area contributed by atoms with Crippen LogP contribution in [0.1, 0.15) is 36.0 Å². The second-order valence-electron chi connectivity index (χ2n) is 4.08.